The van der Waals surface area contributed by atoms with E-state index in [1.165, 1.54) is 11.1 Å². The maximum Gasteiger partial charge on any atom is 0.137 e. The van der Waals surface area contributed by atoms with Gasteiger partial charge in [0.05, 0.1) is 12.7 Å². The molecule has 0 atom stereocenters. The Morgan fingerprint density at radius 3 is 2.65 bits per heavy atom. The van der Waals surface area contributed by atoms with Crippen molar-refractivity contribution >= 4 is 0 Å². The van der Waals surface area contributed by atoms with Gasteiger partial charge in [-0.05, 0) is 50.4 Å². The molecule has 0 aliphatic carbocycles. The van der Waals surface area contributed by atoms with Crippen LogP contribution in [0.4, 0.5) is 0 Å². The molecule has 17 heavy (non-hydrogen) atoms. The van der Waals surface area contributed by atoms with Gasteiger partial charge in [0, 0.05) is 6.42 Å². The van der Waals surface area contributed by atoms with Crippen molar-refractivity contribution in [2.75, 3.05) is 13.7 Å². The van der Waals surface area contributed by atoms with E-state index < -0.39 is 0 Å². The summed E-state index contributed by atoms with van der Waals surface area (Å²) < 4.78 is 5.41. The largest absolute Gasteiger partial charge is 0.495 e. The molecular formula is C15H21NO. The maximum atomic E-state index is 5.44. The molecule has 2 heteroatoms. The highest BCUT2D eigenvalue weighted by Gasteiger charge is 2.05. The fourth-order valence-electron chi connectivity index (χ4n) is 1.67. The highest BCUT2D eigenvalue weighted by atomic mass is 16.5. The van der Waals surface area contributed by atoms with Crippen molar-refractivity contribution in [2.24, 2.45) is 5.73 Å². The summed E-state index contributed by atoms with van der Waals surface area (Å²) in [5, 5.41) is 0. The summed E-state index contributed by atoms with van der Waals surface area (Å²) in [4.78, 5) is 0. The number of methoxy groups -OCH3 is 1. The number of nitrogens with two attached hydrogens (primary N) is 1. The van der Waals surface area contributed by atoms with Crippen LogP contribution in [-0.4, -0.2) is 13.7 Å². The highest BCUT2D eigenvalue weighted by Crippen LogP contribution is 2.25. The molecule has 0 saturated heterocycles. The van der Waals surface area contributed by atoms with Gasteiger partial charge in [-0.2, -0.15) is 0 Å². The predicted octanol–water partition coefficient (Wildman–Crippen LogP) is 2.79. The number of hydrogen-bond acceptors (Lipinski definition) is 2. The van der Waals surface area contributed by atoms with Crippen molar-refractivity contribution in [1.29, 1.82) is 0 Å². The van der Waals surface area contributed by atoms with Crippen molar-refractivity contribution in [3.05, 3.63) is 28.8 Å². The van der Waals surface area contributed by atoms with E-state index >= 15 is 0 Å². The second-order valence-corrected chi connectivity index (χ2v) is 4.14. The average Bonchev–Trinajstić information content (AvgIpc) is 2.33. The van der Waals surface area contributed by atoms with Gasteiger partial charge < -0.3 is 10.5 Å². The summed E-state index contributed by atoms with van der Waals surface area (Å²) in [5.74, 6) is 7.25. The standard InChI is InChI=1S/C15H21NO/c1-12-9-10-14(15(17-3)13(12)2)8-6-4-5-7-11-16/h9-10H,4-5,7,11,16H2,1-3H3. The monoisotopic (exact) mass is 231 g/mol. The van der Waals surface area contributed by atoms with E-state index in [1.807, 2.05) is 6.07 Å². The van der Waals surface area contributed by atoms with Gasteiger partial charge in [0.2, 0.25) is 0 Å². The van der Waals surface area contributed by atoms with Gasteiger partial charge in [-0.1, -0.05) is 17.9 Å². The summed E-state index contributed by atoms with van der Waals surface area (Å²) in [7, 11) is 1.70. The summed E-state index contributed by atoms with van der Waals surface area (Å²) in [6, 6.07) is 4.11. The van der Waals surface area contributed by atoms with Crippen LogP contribution in [0.25, 0.3) is 0 Å². The van der Waals surface area contributed by atoms with Crippen molar-refractivity contribution in [1.82, 2.24) is 0 Å². The molecule has 0 spiro atoms. The van der Waals surface area contributed by atoms with Gasteiger partial charge in [0.1, 0.15) is 5.75 Å². The van der Waals surface area contributed by atoms with E-state index in [4.69, 9.17) is 10.5 Å². The lowest BCUT2D eigenvalue weighted by Crippen LogP contribution is -1.97. The Hall–Kier alpha value is -1.46. The number of ether oxygens (including phenoxy) is 1. The minimum Gasteiger partial charge on any atom is -0.495 e. The van der Waals surface area contributed by atoms with Gasteiger partial charge >= 0.3 is 0 Å². The molecule has 0 saturated carbocycles. The van der Waals surface area contributed by atoms with E-state index in [0.717, 1.165) is 37.1 Å². The van der Waals surface area contributed by atoms with Gasteiger partial charge in [-0.15, -0.1) is 0 Å². The third kappa shape index (κ3) is 3.80. The zero-order chi connectivity index (χ0) is 12.7. The first-order valence-corrected chi connectivity index (χ1v) is 6.03. The van der Waals surface area contributed by atoms with Crippen molar-refractivity contribution in [3.8, 4) is 17.6 Å². The maximum absolute atomic E-state index is 5.44. The quantitative estimate of drug-likeness (QED) is 0.639. The second-order valence-electron chi connectivity index (χ2n) is 4.14. The molecule has 0 aliphatic rings. The molecule has 2 N–H and O–H groups in total. The van der Waals surface area contributed by atoms with Gasteiger partial charge in [0.15, 0.2) is 0 Å². The number of unbranched alkanes of at least 4 members (excludes halogenated alkanes) is 2. The van der Waals surface area contributed by atoms with Crippen molar-refractivity contribution in [3.63, 3.8) is 0 Å². The Balaban J connectivity index is 2.80. The number of benzene rings is 1. The Morgan fingerprint density at radius 1 is 1.24 bits per heavy atom. The molecule has 0 amide bonds. The van der Waals surface area contributed by atoms with Crippen LogP contribution in [0.2, 0.25) is 0 Å². The first-order valence-electron chi connectivity index (χ1n) is 6.03. The van der Waals surface area contributed by atoms with Gasteiger partial charge in [-0.3, -0.25) is 0 Å². The molecule has 0 bridgehead atoms. The van der Waals surface area contributed by atoms with Crippen molar-refractivity contribution < 1.29 is 4.74 Å². The summed E-state index contributed by atoms with van der Waals surface area (Å²) >= 11 is 0. The summed E-state index contributed by atoms with van der Waals surface area (Å²) in [6.45, 7) is 4.89. The van der Waals surface area contributed by atoms with Crippen LogP contribution in [0.5, 0.6) is 5.75 Å². The van der Waals surface area contributed by atoms with E-state index in [-0.39, 0.29) is 0 Å². The molecule has 1 aromatic carbocycles. The lowest BCUT2D eigenvalue weighted by molar-refractivity contribution is 0.410. The number of rotatable bonds is 4. The van der Waals surface area contributed by atoms with Crippen LogP contribution in [-0.2, 0) is 0 Å². The molecule has 0 heterocycles. The first kappa shape index (κ1) is 13.6. The zero-order valence-electron chi connectivity index (χ0n) is 11.0. The van der Waals surface area contributed by atoms with Crippen molar-refractivity contribution in [2.45, 2.75) is 33.1 Å². The van der Waals surface area contributed by atoms with Crippen LogP contribution in [0.3, 0.4) is 0 Å². The van der Waals surface area contributed by atoms with Crippen LogP contribution in [0, 0.1) is 25.7 Å². The van der Waals surface area contributed by atoms with E-state index in [1.54, 1.807) is 7.11 Å². The van der Waals surface area contributed by atoms with Crippen LogP contribution >= 0.6 is 0 Å². The predicted molar refractivity (Wildman–Crippen MR) is 72.3 cm³/mol. The molecule has 92 valence electrons. The molecule has 0 fully saturated rings. The highest BCUT2D eigenvalue weighted by molar-refractivity contribution is 5.53. The second kappa shape index (κ2) is 6.98. The average molecular weight is 231 g/mol. The third-order valence-corrected chi connectivity index (χ3v) is 2.86. The number of aryl methyl sites for hydroxylation is 1. The topological polar surface area (TPSA) is 35.2 Å². The fraction of sp³-hybridized carbons (Fsp3) is 0.467. The molecule has 1 rings (SSSR count). The molecule has 0 unspecified atom stereocenters. The molecule has 0 radical (unpaired) electrons. The van der Waals surface area contributed by atoms with Crippen LogP contribution in [0.15, 0.2) is 12.1 Å². The summed E-state index contributed by atoms with van der Waals surface area (Å²) in [5.41, 5.74) is 8.81. The molecular weight excluding hydrogens is 210 g/mol. The van der Waals surface area contributed by atoms with Crippen LogP contribution < -0.4 is 10.5 Å². The lowest BCUT2D eigenvalue weighted by atomic mass is 10.0. The molecule has 2 nitrogen and oxygen atoms in total. The zero-order valence-corrected chi connectivity index (χ0v) is 11.0. The Kier molecular flexibility index (Phi) is 5.59. The minimum atomic E-state index is 0.745. The van der Waals surface area contributed by atoms with E-state index in [0.29, 0.717) is 0 Å². The minimum absolute atomic E-state index is 0.745. The summed E-state index contributed by atoms with van der Waals surface area (Å²) in [6.07, 6.45) is 3.00. The van der Waals surface area contributed by atoms with E-state index in [2.05, 4.69) is 31.8 Å². The first-order chi connectivity index (χ1) is 8.20. The third-order valence-electron chi connectivity index (χ3n) is 2.86. The molecule has 0 aromatic heterocycles. The smallest absolute Gasteiger partial charge is 0.137 e. The number of hydrogen-bond donors (Lipinski definition) is 1. The van der Waals surface area contributed by atoms with Gasteiger partial charge in [0.25, 0.3) is 0 Å². The molecule has 0 aliphatic heterocycles. The normalized spacial score (nSPS) is 9.65. The van der Waals surface area contributed by atoms with E-state index in [9.17, 15) is 0 Å². The molecule has 1 aromatic rings. The fourth-order valence-corrected chi connectivity index (χ4v) is 1.67. The SMILES string of the molecule is COc1c(C#CCCCCN)ccc(C)c1C. The Bertz CT molecular complexity index is 427. The Morgan fingerprint density at radius 2 is 2.00 bits per heavy atom. The van der Waals surface area contributed by atoms with Crippen LogP contribution in [0.1, 0.15) is 36.0 Å². The lowest BCUT2D eigenvalue weighted by Gasteiger charge is -2.09. The van der Waals surface area contributed by atoms with Gasteiger partial charge in [-0.25, -0.2) is 0 Å². The Labute approximate surface area is 104 Å².